The molecule has 0 rings (SSSR count). The summed E-state index contributed by atoms with van der Waals surface area (Å²) < 4.78 is 16.9. The minimum atomic E-state index is -0.773. The number of carbonyl (C=O) groups excluding carboxylic acids is 3. The smallest absolute Gasteiger partial charge is 0.306 e. The first-order chi connectivity index (χ1) is 33.5. The van der Waals surface area contributed by atoms with Gasteiger partial charge in [0.05, 0.1) is 0 Å². The number of allylic oxidation sites excluding steroid dienone is 6. The molecule has 0 aliphatic carbocycles. The lowest BCUT2D eigenvalue weighted by Crippen LogP contribution is -2.30. The third kappa shape index (κ3) is 54.6. The fourth-order valence-electron chi connectivity index (χ4n) is 8.93. The predicted molar refractivity (Wildman–Crippen MR) is 293 cm³/mol. The highest BCUT2D eigenvalue weighted by Gasteiger charge is 2.19. The van der Waals surface area contributed by atoms with Gasteiger partial charge in [0.25, 0.3) is 0 Å². The van der Waals surface area contributed by atoms with E-state index in [4.69, 9.17) is 14.2 Å². The van der Waals surface area contributed by atoms with Crippen molar-refractivity contribution in [1.29, 1.82) is 0 Å². The zero-order valence-corrected chi connectivity index (χ0v) is 45.6. The molecule has 0 aliphatic rings. The summed E-state index contributed by atoms with van der Waals surface area (Å²) in [6.45, 7) is 6.57. The monoisotopic (exact) mass is 955 g/mol. The Morgan fingerprint density at radius 1 is 0.309 bits per heavy atom. The predicted octanol–water partition coefficient (Wildman–Crippen LogP) is 20.0. The number of ether oxygens (including phenoxy) is 3. The van der Waals surface area contributed by atoms with Crippen molar-refractivity contribution in [3.8, 4) is 0 Å². The Labute approximate surface area is 423 Å². The van der Waals surface area contributed by atoms with Gasteiger partial charge in [-0.2, -0.15) is 0 Å². The molecule has 0 spiro atoms. The quantitative estimate of drug-likeness (QED) is 0.0262. The summed E-state index contributed by atoms with van der Waals surface area (Å²) in [4.78, 5) is 38.2. The molecule has 0 N–H and O–H groups in total. The molecule has 0 bridgehead atoms. The van der Waals surface area contributed by atoms with Crippen molar-refractivity contribution in [1.82, 2.24) is 0 Å². The van der Waals surface area contributed by atoms with E-state index < -0.39 is 6.10 Å². The molecule has 0 saturated heterocycles. The highest BCUT2D eigenvalue weighted by Crippen LogP contribution is 2.17. The van der Waals surface area contributed by atoms with Crippen molar-refractivity contribution in [2.45, 2.75) is 329 Å². The van der Waals surface area contributed by atoms with Gasteiger partial charge in [-0.3, -0.25) is 14.4 Å². The Hall–Kier alpha value is -2.37. The Morgan fingerprint density at radius 2 is 0.574 bits per heavy atom. The van der Waals surface area contributed by atoms with Crippen molar-refractivity contribution in [2.24, 2.45) is 0 Å². The molecule has 6 heteroatoms. The second-order valence-electron chi connectivity index (χ2n) is 20.2. The van der Waals surface area contributed by atoms with E-state index in [1.165, 1.54) is 199 Å². The van der Waals surface area contributed by atoms with Crippen LogP contribution in [0.5, 0.6) is 0 Å². The number of carbonyl (C=O) groups is 3. The number of hydrogen-bond donors (Lipinski definition) is 0. The fraction of sp³-hybridized carbons (Fsp3) is 0.855. The third-order valence-corrected chi connectivity index (χ3v) is 13.4. The minimum absolute atomic E-state index is 0.0711. The van der Waals surface area contributed by atoms with Gasteiger partial charge in [-0.15, -0.1) is 0 Å². The van der Waals surface area contributed by atoms with Gasteiger partial charge in [0.2, 0.25) is 0 Å². The summed E-state index contributed by atoms with van der Waals surface area (Å²) in [7, 11) is 0. The topological polar surface area (TPSA) is 78.9 Å². The molecule has 0 aromatic heterocycles. The Kier molecular flexibility index (Phi) is 55.2. The molecular weight excluding hydrogens is 841 g/mol. The molecule has 0 heterocycles. The van der Waals surface area contributed by atoms with Gasteiger partial charge in [-0.05, 0) is 51.4 Å². The van der Waals surface area contributed by atoms with Crippen LogP contribution in [0.3, 0.4) is 0 Å². The van der Waals surface area contributed by atoms with Gasteiger partial charge in [0, 0.05) is 19.3 Å². The average molecular weight is 956 g/mol. The van der Waals surface area contributed by atoms with Crippen molar-refractivity contribution in [3.05, 3.63) is 36.5 Å². The molecule has 398 valence electrons. The van der Waals surface area contributed by atoms with Gasteiger partial charge < -0.3 is 14.2 Å². The summed E-state index contributed by atoms with van der Waals surface area (Å²) in [5.41, 5.74) is 0. The normalized spacial score (nSPS) is 12.2. The lowest BCUT2D eigenvalue weighted by Gasteiger charge is -2.18. The summed E-state index contributed by atoms with van der Waals surface area (Å²) in [6.07, 6.45) is 68.5. The summed E-state index contributed by atoms with van der Waals surface area (Å²) in [5.74, 6) is -0.860. The molecule has 0 fully saturated rings. The second kappa shape index (κ2) is 57.2. The first-order valence-electron chi connectivity index (χ1n) is 30.0. The molecule has 6 nitrogen and oxygen atoms in total. The molecule has 1 unspecified atom stereocenters. The van der Waals surface area contributed by atoms with E-state index in [0.29, 0.717) is 19.3 Å². The minimum Gasteiger partial charge on any atom is -0.462 e. The maximum Gasteiger partial charge on any atom is 0.306 e. The van der Waals surface area contributed by atoms with Crippen LogP contribution in [-0.4, -0.2) is 37.2 Å². The van der Waals surface area contributed by atoms with Crippen LogP contribution in [0.4, 0.5) is 0 Å². The van der Waals surface area contributed by atoms with Crippen molar-refractivity contribution < 1.29 is 28.6 Å². The molecule has 0 saturated carbocycles. The van der Waals surface area contributed by atoms with Crippen LogP contribution in [0.2, 0.25) is 0 Å². The average Bonchev–Trinajstić information content (AvgIpc) is 3.34. The molecule has 0 aromatic carbocycles. The number of hydrogen-bond acceptors (Lipinski definition) is 6. The summed E-state index contributed by atoms with van der Waals surface area (Å²) in [5, 5.41) is 0. The maximum atomic E-state index is 12.9. The molecule has 68 heavy (non-hydrogen) atoms. The second-order valence-corrected chi connectivity index (χ2v) is 20.2. The van der Waals surface area contributed by atoms with Crippen LogP contribution in [0.15, 0.2) is 36.5 Å². The third-order valence-electron chi connectivity index (χ3n) is 13.4. The zero-order valence-electron chi connectivity index (χ0n) is 45.6. The van der Waals surface area contributed by atoms with Crippen LogP contribution in [0, 0.1) is 0 Å². The lowest BCUT2D eigenvalue weighted by atomic mass is 10.0. The summed E-state index contributed by atoms with van der Waals surface area (Å²) >= 11 is 0. The van der Waals surface area contributed by atoms with E-state index >= 15 is 0 Å². The van der Waals surface area contributed by atoms with E-state index in [0.717, 1.165) is 83.5 Å². The van der Waals surface area contributed by atoms with Gasteiger partial charge in [0.1, 0.15) is 13.2 Å². The highest BCUT2D eigenvalue weighted by atomic mass is 16.6. The van der Waals surface area contributed by atoms with Crippen LogP contribution in [-0.2, 0) is 28.6 Å². The van der Waals surface area contributed by atoms with Crippen LogP contribution < -0.4 is 0 Å². The SMILES string of the molecule is CC/C=C\C/C=C\C/C=C\CCCCCCCCCC(=O)OC(COC(=O)CCCCCCCCCCCCCCC)COC(=O)CCCCCCCCCCCCCCCCCCCCCC. The maximum absolute atomic E-state index is 12.9. The van der Waals surface area contributed by atoms with Gasteiger partial charge in [-0.25, -0.2) is 0 Å². The Balaban J connectivity index is 4.30. The van der Waals surface area contributed by atoms with E-state index in [1.54, 1.807) is 0 Å². The molecular formula is C62H114O6. The van der Waals surface area contributed by atoms with Crippen LogP contribution >= 0.6 is 0 Å². The van der Waals surface area contributed by atoms with Gasteiger partial charge >= 0.3 is 17.9 Å². The largest absolute Gasteiger partial charge is 0.462 e. The van der Waals surface area contributed by atoms with E-state index in [9.17, 15) is 14.4 Å². The first-order valence-corrected chi connectivity index (χ1v) is 30.0. The highest BCUT2D eigenvalue weighted by molar-refractivity contribution is 5.71. The Morgan fingerprint density at radius 3 is 0.897 bits per heavy atom. The number of rotatable bonds is 55. The van der Waals surface area contributed by atoms with Crippen LogP contribution in [0.25, 0.3) is 0 Å². The van der Waals surface area contributed by atoms with Gasteiger partial charge in [-0.1, -0.05) is 288 Å². The molecule has 1 atom stereocenters. The van der Waals surface area contributed by atoms with Crippen molar-refractivity contribution in [2.75, 3.05) is 13.2 Å². The van der Waals surface area contributed by atoms with Crippen LogP contribution in [0.1, 0.15) is 323 Å². The van der Waals surface area contributed by atoms with Gasteiger partial charge in [0.15, 0.2) is 6.10 Å². The Bertz CT molecular complexity index is 1140. The number of esters is 3. The number of unbranched alkanes of at least 4 members (excludes halogenated alkanes) is 38. The molecule has 0 amide bonds. The van der Waals surface area contributed by atoms with E-state index in [1.807, 2.05) is 0 Å². The van der Waals surface area contributed by atoms with E-state index in [-0.39, 0.29) is 31.1 Å². The lowest BCUT2D eigenvalue weighted by molar-refractivity contribution is -0.167. The molecule has 0 aromatic rings. The zero-order chi connectivity index (χ0) is 49.3. The van der Waals surface area contributed by atoms with Crippen molar-refractivity contribution >= 4 is 17.9 Å². The van der Waals surface area contributed by atoms with Crippen molar-refractivity contribution in [3.63, 3.8) is 0 Å². The van der Waals surface area contributed by atoms with E-state index in [2.05, 4.69) is 57.2 Å². The first kappa shape index (κ1) is 65.6. The standard InChI is InChI=1S/C62H114O6/c1-4-7-10-13-16-19-22-25-27-29-30-31-33-34-37-40-43-46-49-52-55-61(64)67-58-59(57-66-60(63)54-51-48-45-42-39-36-24-21-18-15-12-9-6-3)68-62(65)56-53-50-47-44-41-38-35-32-28-26-23-20-17-14-11-8-5-2/h8,11,17,20,26,28,59H,4-7,9-10,12-16,18-19,21-25,27,29-58H2,1-3H3/b11-8-,20-17-,28-26-. The summed E-state index contributed by atoms with van der Waals surface area (Å²) in [6, 6.07) is 0. The fourth-order valence-corrected chi connectivity index (χ4v) is 8.93. The molecule has 0 radical (unpaired) electrons. The molecule has 0 aliphatic heterocycles.